The van der Waals surface area contributed by atoms with Crippen molar-refractivity contribution >= 4 is 27.3 Å². The van der Waals surface area contributed by atoms with Crippen molar-refractivity contribution in [3.05, 3.63) is 17.5 Å². The number of nitrogens with zero attached hydrogens (tertiary/aromatic N) is 1. The van der Waals surface area contributed by atoms with Gasteiger partial charge in [-0.2, -0.15) is 4.31 Å². The lowest BCUT2D eigenvalue weighted by Crippen LogP contribution is -2.40. The van der Waals surface area contributed by atoms with Crippen molar-refractivity contribution in [3.63, 3.8) is 0 Å². The maximum Gasteiger partial charge on any atom is 0.322 e. The lowest BCUT2D eigenvalue weighted by molar-refractivity contribution is -0.140. The van der Waals surface area contributed by atoms with Crippen molar-refractivity contribution in [1.29, 1.82) is 0 Å². The van der Waals surface area contributed by atoms with E-state index in [1.54, 1.807) is 11.4 Å². The Morgan fingerprint density at radius 2 is 2.31 bits per heavy atom. The van der Waals surface area contributed by atoms with E-state index in [9.17, 15) is 13.2 Å². The van der Waals surface area contributed by atoms with E-state index in [4.69, 9.17) is 5.11 Å². The number of sulfonamides is 1. The van der Waals surface area contributed by atoms with Crippen LogP contribution in [0.5, 0.6) is 0 Å². The topological polar surface area (TPSA) is 74.7 Å². The van der Waals surface area contributed by atoms with E-state index in [1.165, 1.54) is 6.07 Å². The third-order valence-electron chi connectivity index (χ3n) is 2.55. The van der Waals surface area contributed by atoms with Gasteiger partial charge in [0.1, 0.15) is 10.3 Å². The average molecular weight is 261 g/mol. The highest BCUT2D eigenvalue weighted by Gasteiger charge is 2.39. The minimum absolute atomic E-state index is 0.209. The number of carboxylic acid groups (broad SMARTS) is 1. The lowest BCUT2D eigenvalue weighted by Gasteiger charge is -2.19. The fourth-order valence-electron chi connectivity index (χ4n) is 1.80. The number of aliphatic carboxylic acids is 1. The van der Waals surface area contributed by atoms with Gasteiger partial charge in [0.05, 0.1) is 0 Å². The minimum atomic E-state index is -3.62. The van der Waals surface area contributed by atoms with Gasteiger partial charge in [0.25, 0.3) is 10.0 Å². The normalized spacial score (nSPS) is 22.4. The SMILES string of the molecule is O=C(O)C1CCCN1S(=O)(=O)c1cccs1. The summed E-state index contributed by atoms with van der Waals surface area (Å²) < 4.78 is 25.5. The van der Waals surface area contributed by atoms with Crippen LogP contribution in [0.1, 0.15) is 12.8 Å². The van der Waals surface area contributed by atoms with E-state index in [0.29, 0.717) is 12.8 Å². The van der Waals surface area contributed by atoms with E-state index in [0.717, 1.165) is 15.6 Å². The highest BCUT2D eigenvalue weighted by molar-refractivity contribution is 7.91. The van der Waals surface area contributed by atoms with Gasteiger partial charge in [0, 0.05) is 6.54 Å². The monoisotopic (exact) mass is 261 g/mol. The summed E-state index contributed by atoms with van der Waals surface area (Å²) in [6.07, 6.45) is 0.988. The molecule has 1 atom stereocenters. The van der Waals surface area contributed by atoms with E-state index < -0.39 is 22.0 Å². The van der Waals surface area contributed by atoms with E-state index in [2.05, 4.69) is 0 Å². The van der Waals surface area contributed by atoms with Crippen LogP contribution in [0.3, 0.4) is 0 Å². The second-order valence-electron chi connectivity index (χ2n) is 3.54. The molecule has 1 aliphatic heterocycles. The number of rotatable bonds is 3. The predicted molar refractivity (Wildman–Crippen MR) is 58.9 cm³/mol. The zero-order valence-electron chi connectivity index (χ0n) is 8.37. The molecule has 5 nitrogen and oxygen atoms in total. The molecule has 0 bridgehead atoms. The first-order valence-electron chi connectivity index (χ1n) is 4.81. The van der Waals surface area contributed by atoms with Crippen LogP contribution in [-0.2, 0) is 14.8 Å². The van der Waals surface area contributed by atoms with Crippen LogP contribution >= 0.6 is 11.3 Å². The molecule has 1 aromatic rings. The highest BCUT2D eigenvalue weighted by atomic mass is 32.2. The van der Waals surface area contributed by atoms with Gasteiger partial charge in [-0.25, -0.2) is 8.42 Å². The molecule has 2 heterocycles. The predicted octanol–water partition coefficient (Wildman–Crippen LogP) is 0.986. The van der Waals surface area contributed by atoms with E-state index in [1.807, 2.05) is 0 Å². The molecule has 0 aromatic carbocycles. The molecular weight excluding hydrogens is 250 g/mol. The molecule has 1 saturated heterocycles. The molecule has 16 heavy (non-hydrogen) atoms. The Hall–Kier alpha value is -0.920. The molecule has 1 aliphatic rings. The maximum atomic E-state index is 12.1. The Balaban J connectivity index is 2.34. The van der Waals surface area contributed by atoms with Gasteiger partial charge in [0.15, 0.2) is 0 Å². The maximum absolute atomic E-state index is 12.1. The molecule has 0 aliphatic carbocycles. The first-order chi connectivity index (χ1) is 7.53. The van der Waals surface area contributed by atoms with Crippen molar-refractivity contribution in [3.8, 4) is 0 Å². The largest absolute Gasteiger partial charge is 0.480 e. The van der Waals surface area contributed by atoms with E-state index in [-0.39, 0.29) is 10.8 Å². The summed E-state index contributed by atoms with van der Waals surface area (Å²) in [5, 5.41) is 10.6. The molecule has 0 radical (unpaired) electrons. The number of hydrogen-bond donors (Lipinski definition) is 1. The number of thiophene rings is 1. The van der Waals surface area contributed by atoms with Gasteiger partial charge < -0.3 is 5.11 Å². The van der Waals surface area contributed by atoms with Crippen LogP contribution in [0.15, 0.2) is 21.7 Å². The number of carbonyl (C=O) groups is 1. The Kier molecular flexibility index (Phi) is 3.00. The third kappa shape index (κ3) is 1.85. The molecule has 0 saturated carbocycles. The zero-order chi connectivity index (χ0) is 11.8. The molecule has 1 unspecified atom stereocenters. The van der Waals surface area contributed by atoms with Gasteiger partial charge in [-0.15, -0.1) is 11.3 Å². The molecule has 7 heteroatoms. The van der Waals surface area contributed by atoms with Crippen molar-refractivity contribution in [2.45, 2.75) is 23.1 Å². The smallest absolute Gasteiger partial charge is 0.322 e. The molecule has 1 N–H and O–H groups in total. The second-order valence-corrected chi connectivity index (χ2v) is 6.61. The second kappa shape index (κ2) is 4.15. The fourth-order valence-corrected chi connectivity index (χ4v) is 4.57. The lowest BCUT2D eigenvalue weighted by atomic mass is 10.2. The van der Waals surface area contributed by atoms with Gasteiger partial charge in [0.2, 0.25) is 0 Å². The molecule has 88 valence electrons. The summed E-state index contributed by atoms with van der Waals surface area (Å²) in [4.78, 5) is 10.9. The number of hydrogen-bond acceptors (Lipinski definition) is 4. The van der Waals surface area contributed by atoms with Crippen molar-refractivity contribution in [2.75, 3.05) is 6.54 Å². The summed E-state index contributed by atoms with van der Waals surface area (Å²) >= 11 is 1.11. The highest BCUT2D eigenvalue weighted by Crippen LogP contribution is 2.28. The quantitative estimate of drug-likeness (QED) is 0.880. The van der Waals surface area contributed by atoms with Gasteiger partial charge >= 0.3 is 5.97 Å². The van der Waals surface area contributed by atoms with Crippen molar-refractivity contribution in [2.24, 2.45) is 0 Å². The van der Waals surface area contributed by atoms with Crippen LogP contribution in [-0.4, -0.2) is 36.4 Å². The van der Waals surface area contributed by atoms with Gasteiger partial charge in [-0.3, -0.25) is 4.79 Å². The summed E-state index contributed by atoms with van der Waals surface area (Å²) in [5.41, 5.74) is 0. The molecule has 2 rings (SSSR count). The zero-order valence-corrected chi connectivity index (χ0v) is 10.00. The summed E-state index contributed by atoms with van der Waals surface area (Å²) in [5.74, 6) is -1.07. The van der Waals surface area contributed by atoms with Crippen LogP contribution in [0.2, 0.25) is 0 Å². The van der Waals surface area contributed by atoms with Crippen LogP contribution in [0, 0.1) is 0 Å². The molecular formula is C9H11NO4S2. The first kappa shape index (κ1) is 11.6. The Morgan fingerprint density at radius 3 is 2.88 bits per heavy atom. The molecule has 1 fully saturated rings. The van der Waals surface area contributed by atoms with Crippen LogP contribution in [0.25, 0.3) is 0 Å². The molecule has 1 aromatic heterocycles. The van der Waals surface area contributed by atoms with Crippen molar-refractivity contribution in [1.82, 2.24) is 4.31 Å². The minimum Gasteiger partial charge on any atom is -0.480 e. The standard InChI is InChI=1S/C9H11NO4S2/c11-9(12)7-3-1-5-10(7)16(13,14)8-4-2-6-15-8/h2,4,6-7H,1,3,5H2,(H,11,12). The van der Waals surface area contributed by atoms with Crippen LogP contribution in [0.4, 0.5) is 0 Å². The number of carboxylic acids is 1. The average Bonchev–Trinajstić information content (AvgIpc) is 2.89. The van der Waals surface area contributed by atoms with Crippen LogP contribution < -0.4 is 0 Å². The summed E-state index contributed by atoms with van der Waals surface area (Å²) in [6.45, 7) is 0.289. The fraction of sp³-hybridized carbons (Fsp3) is 0.444. The van der Waals surface area contributed by atoms with E-state index >= 15 is 0 Å². The third-order valence-corrected chi connectivity index (χ3v) is 5.83. The Morgan fingerprint density at radius 1 is 1.56 bits per heavy atom. The van der Waals surface area contributed by atoms with Gasteiger partial charge in [-0.1, -0.05) is 6.07 Å². The summed E-state index contributed by atoms with van der Waals surface area (Å²) in [7, 11) is -3.62. The molecule has 0 amide bonds. The van der Waals surface area contributed by atoms with Crippen molar-refractivity contribution < 1.29 is 18.3 Å². The molecule has 0 spiro atoms. The van der Waals surface area contributed by atoms with Gasteiger partial charge in [-0.05, 0) is 24.3 Å². The first-order valence-corrected chi connectivity index (χ1v) is 7.13. The Bertz CT molecular complexity index is 480. The Labute approximate surface area is 97.4 Å². The summed E-state index contributed by atoms with van der Waals surface area (Å²) in [6, 6.07) is 2.23.